The topological polar surface area (TPSA) is 35.5 Å². The zero-order chi connectivity index (χ0) is 12.8. The minimum atomic E-state index is -0.873. The number of hydrogen-bond acceptors (Lipinski definition) is 3. The number of cyclic esters (lactones) is 1. The zero-order valence-electron chi connectivity index (χ0n) is 9.87. The standard InChI is InChI=1S/C12H14Br2O3/c1-11(2)16-8-6-7(9(13)14)4-5-12(8,3)10(15)17-11/h4-6,8-9H,1-3H3/t8?,12-/m0/s1. The van der Waals surface area contributed by atoms with E-state index in [0.29, 0.717) is 0 Å². The second-order valence-corrected chi connectivity index (χ2v) is 7.97. The first-order valence-electron chi connectivity index (χ1n) is 5.35. The third-order valence-corrected chi connectivity index (χ3v) is 4.06. The number of rotatable bonds is 1. The van der Waals surface area contributed by atoms with Crippen LogP contribution in [0.2, 0.25) is 0 Å². The smallest absolute Gasteiger partial charge is 0.321 e. The molecule has 0 saturated carbocycles. The van der Waals surface area contributed by atoms with E-state index in [9.17, 15) is 4.79 Å². The van der Waals surface area contributed by atoms with Crippen molar-refractivity contribution in [3.63, 3.8) is 0 Å². The quantitative estimate of drug-likeness (QED) is 0.528. The van der Waals surface area contributed by atoms with Gasteiger partial charge in [0.1, 0.15) is 11.5 Å². The minimum Gasteiger partial charge on any atom is -0.433 e. The van der Waals surface area contributed by atoms with Gasteiger partial charge in [-0.05, 0) is 18.6 Å². The number of halogens is 2. The summed E-state index contributed by atoms with van der Waals surface area (Å²) >= 11 is 6.88. The number of esters is 1. The molecule has 1 heterocycles. The molecule has 2 aliphatic rings. The summed E-state index contributed by atoms with van der Waals surface area (Å²) < 4.78 is 11.2. The predicted molar refractivity (Wildman–Crippen MR) is 72.0 cm³/mol. The first-order valence-corrected chi connectivity index (χ1v) is 7.18. The van der Waals surface area contributed by atoms with Crippen LogP contribution in [0.1, 0.15) is 20.8 Å². The summed E-state index contributed by atoms with van der Waals surface area (Å²) in [5.41, 5.74) is 0.312. The van der Waals surface area contributed by atoms with Gasteiger partial charge in [-0.15, -0.1) is 0 Å². The second-order valence-electron chi connectivity index (χ2n) is 4.91. The SMILES string of the molecule is CC1(C)OC(=O)[C@@]2(C)C=CC(C(Br)Br)=CC2O1. The summed E-state index contributed by atoms with van der Waals surface area (Å²) in [6.45, 7) is 5.32. The Bertz CT molecular complexity index is 412. The molecule has 0 spiro atoms. The van der Waals surface area contributed by atoms with E-state index < -0.39 is 11.2 Å². The van der Waals surface area contributed by atoms with Gasteiger partial charge in [0.05, 0.1) is 3.74 Å². The molecule has 1 fully saturated rings. The summed E-state index contributed by atoms with van der Waals surface area (Å²) in [4.78, 5) is 12.0. The van der Waals surface area contributed by atoms with Crippen LogP contribution in [0.5, 0.6) is 0 Å². The molecule has 0 aromatic heterocycles. The van der Waals surface area contributed by atoms with Gasteiger partial charge in [0.2, 0.25) is 5.79 Å². The molecule has 94 valence electrons. The van der Waals surface area contributed by atoms with E-state index in [2.05, 4.69) is 31.9 Å². The maximum absolute atomic E-state index is 12.0. The minimum absolute atomic E-state index is 0.0560. The molecule has 5 heteroatoms. The number of carbonyl (C=O) groups is 1. The van der Waals surface area contributed by atoms with Crippen molar-refractivity contribution in [2.45, 2.75) is 36.4 Å². The maximum atomic E-state index is 12.0. The fraction of sp³-hybridized carbons (Fsp3) is 0.583. The van der Waals surface area contributed by atoms with Crippen LogP contribution in [0.25, 0.3) is 0 Å². The monoisotopic (exact) mass is 364 g/mol. The molecule has 0 bridgehead atoms. The fourth-order valence-corrected chi connectivity index (χ4v) is 2.53. The lowest BCUT2D eigenvalue weighted by atomic mass is 9.78. The van der Waals surface area contributed by atoms with Gasteiger partial charge in [-0.25, -0.2) is 0 Å². The van der Waals surface area contributed by atoms with Gasteiger partial charge in [0.15, 0.2) is 0 Å². The van der Waals surface area contributed by atoms with E-state index in [-0.39, 0.29) is 15.8 Å². The van der Waals surface area contributed by atoms with E-state index in [4.69, 9.17) is 9.47 Å². The molecule has 2 rings (SSSR count). The Hall–Kier alpha value is -0.130. The van der Waals surface area contributed by atoms with Gasteiger partial charge >= 0.3 is 5.97 Å². The van der Waals surface area contributed by atoms with Gasteiger partial charge in [0.25, 0.3) is 0 Å². The molecule has 0 amide bonds. The molecule has 3 nitrogen and oxygen atoms in total. The summed E-state index contributed by atoms with van der Waals surface area (Å²) in [6, 6.07) is 0. The van der Waals surface area contributed by atoms with Crippen LogP contribution in [0.15, 0.2) is 23.8 Å². The van der Waals surface area contributed by atoms with E-state index in [1.807, 2.05) is 25.2 Å². The number of hydrogen-bond donors (Lipinski definition) is 0. The average molecular weight is 366 g/mol. The third-order valence-electron chi connectivity index (χ3n) is 3.00. The zero-order valence-corrected chi connectivity index (χ0v) is 13.0. The molecule has 0 radical (unpaired) electrons. The summed E-state index contributed by atoms with van der Waals surface area (Å²) in [5.74, 6) is -1.12. The molecule has 2 atom stereocenters. The largest absolute Gasteiger partial charge is 0.433 e. The Labute approximate surface area is 117 Å². The van der Waals surface area contributed by atoms with Gasteiger partial charge in [-0.3, -0.25) is 4.79 Å². The summed E-state index contributed by atoms with van der Waals surface area (Å²) in [6.07, 6.45) is 5.42. The Kier molecular flexibility index (Phi) is 3.30. The Morgan fingerprint density at radius 1 is 1.35 bits per heavy atom. The van der Waals surface area contributed by atoms with Crippen LogP contribution in [0, 0.1) is 5.41 Å². The second kappa shape index (κ2) is 4.21. The van der Waals surface area contributed by atoms with Gasteiger partial charge in [0, 0.05) is 13.8 Å². The van der Waals surface area contributed by atoms with Crippen LogP contribution in [-0.2, 0) is 14.3 Å². The van der Waals surface area contributed by atoms with Crippen molar-refractivity contribution >= 4 is 37.8 Å². The molecule has 1 aliphatic carbocycles. The number of alkyl halides is 2. The highest BCUT2D eigenvalue weighted by atomic mass is 79.9. The van der Waals surface area contributed by atoms with Crippen LogP contribution < -0.4 is 0 Å². The van der Waals surface area contributed by atoms with Crippen LogP contribution >= 0.6 is 31.9 Å². The lowest BCUT2D eigenvalue weighted by Crippen LogP contribution is -2.54. The van der Waals surface area contributed by atoms with Crippen molar-refractivity contribution in [2.75, 3.05) is 0 Å². The van der Waals surface area contributed by atoms with Gasteiger partial charge in [-0.2, -0.15) is 0 Å². The van der Waals surface area contributed by atoms with Crippen molar-refractivity contribution in [1.82, 2.24) is 0 Å². The molecule has 0 aromatic carbocycles. The van der Waals surface area contributed by atoms with E-state index in [1.165, 1.54) is 0 Å². The molecule has 0 aromatic rings. The normalized spacial score (nSPS) is 35.3. The van der Waals surface area contributed by atoms with E-state index >= 15 is 0 Å². The average Bonchev–Trinajstić information content (AvgIpc) is 2.18. The Morgan fingerprint density at radius 2 is 2.00 bits per heavy atom. The molecule has 1 aliphatic heterocycles. The highest BCUT2D eigenvalue weighted by Gasteiger charge is 2.51. The molecule has 1 unspecified atom stereocenters. The van der Waals surface area contributed by atoms with Crippen LogP contribution in [-0.4, -0.2) is 21.6 Å². The van der Waals surface area contributed by atoms with Crippen molar-refractivity contribution in [3.05, 3.63) is 23.8 Å². The number of carbonyl (C=O) groups excluding carboxylic acids is 1. The van der Waals surface area contributed by atoms with E-state index in [0.717, 1.165) is 5.57 Å². The predicted octanol–water partition coefficient (Wildman–Crippen LogP) is 3.28. The van der Waals surface area contributed by atoms with Crippen molar-refractivity contribution in [1.29, 1.82) is 0 Å². The van der Waals surface area contributed by atoms with Gasteiger partial charge in [-0.1, -0.05) is 44.0 Å². The van der Waals surface area contributed by atoms with Crippen LogP contribution in [0.4, 0.5) is 0 Å². The summed E-state index contributed by atoms with van der Waals surface area (Å²) in [5, 5.41) is 0. The Balaban J connectivity index is 2.36. The molecular weight excluding hydrogens is 352 g/mol. The molecule has 0 N–H and O–H groups in total. The maximum Gasteiger partial charge on any atom is 0.321 e. The van der Waals surface area contributed by atoms with Crippen molar-refractivity contribution in [3.8, 4) is 0 Å². The highest BCUT2D eigenvalue weighted by Crippen LogP contribution is 2.42. The first-order chi connectivity index (χ1) is 7.74. The molecular formula is C12H14Br2O3. The first kappa shape index (κ1) is 13.3. The lowest BCUT2D eigenvalue weighted by molar-refractivity contribution is -0.272. The van der Waals surface area contributed by atoms with E-state index in [1.54, 1.807) is 13.8 Å². The number of fused-ring (bicyclic) bond motifs is 1. The fourth-order valence-electron chi connectivity index (χ4n) is 1.92. The molecule has 17 heavy (non-hydrogen) atoms. The Morgan fingerprint density at radius 3 is 2.59 bits per heavy atom. The van der Waals surface area contributed by atoms with Gasteiger partial charge < -0.3 is 9.47 Å². The van der Waals surface area contributed by atoms with Crippen LogP contribution in [0.3, 0.4) is 0 Å². The number of ether oxygens (including phenoxy) is 2. The third kappa shape index (κ3) is 2.37. The molecule has 1 saturated heterocycles. The van der Waals surface area contributed by atoms with Crippen molar-refractivity contribution < 1.29 is 14.3 Å². The van der Waals surface area contributed by atoms with Crippen molar-refractivity contribution in [2.24, 2.45) is 5.41 Å². The lowest BCUT2D eigenvalue weighted by Gasteiger charge is -2.45. The summed E-state index contributed by atoms with van der Waals surface area (Å²) in [7, 11) is 0. The highest BCUT2D eigenvalue weighted by molar-refractivity contribution is 9.24. The number of allylic oxidation sites excluding steroid dienone is 2.